The molecule has 206 valence electrons. The number of hydrogen-bond donors (Lipinski definition) is 0. The van der Waals surface area contributed by atoms with Crippen LogP contribution in [0.3, 0.4) is 0 Å². The normalized spacial score (nSPS) is 11.6. The van der Waals surface area contributed by atoms with Crippen LogP contribution in [0.5, 0.6) is 0 Å². The quantitative estimate of drug-likeness (QED) is 0.199. The zero-order valence-electron chi connectivity index (χ0n) is 23.9. The van der Waals surface area contributed by atoms with Gasteiger partial charge in [-0.3, -0.25) is 0 Å². The molecule has 0 spiro atoms. The summed E-state index contributed by atoms with van der Waals surface area (Å²) in [6.45, 7) is 0. The molecule has 0 N–H and O–H groups in total. The summed E-state index contributed by atoms with van der Waals surface area (Å²) < 4.78 is 6.38. The van der Waals surface area contributed by atoms with Crippen molar-refractivity contribution in [3.63, 3.8) is 0 Å². The van der Waals surface area contributed by atoms with Crippen molar-refractivity contribution in [3.05, 3.63) is 164 Å². The third-order valence-corrected chi connectivity index (χ3v) is 8.84. The Morgan fingerprint density at radius 3 is 1.82 bits per heavy atom. The van der Waals surface area contributed by atoms with E-state index in [9.17, 15) is 0 Å². The lowest BCUT2D eigenvalue weighted by atomic mass is 9.98. The van der Waals surface area contributed by atoms with Crippen molar-refractivity contribution in [1.29, 1.82) is 0 Å². The minimum absolute atomic E-state index is 0.914. The number of para-hydroxylation sites is 2. The van der Waals surface area contributed by atoms with Gasteiger partial charge in [0.05, 0.1) is 11.4 Å². The van der Waals surface area contributed by atoms with Crippen LogP contribution in [0.4, 0.5) is 17.1 Å². The van der Waals surface area contributed by atoms with Gasteiger partial charge in [-0.25, -0.2) is 0 Å². The van der Waals surface area contributed by atoms with E-state index in [-0.39, 0.29) is 0 Å². The predicted octanol–water partition coefficient (Wildman–Crippen LogP) is 12.2. The number of rotatable bonds is 4. The Morgan fingerprint density at radius 2 is 0.977 bits per heavy atom. The van der Waals surface area contributed by atoms with Crippen LogP contribution in [0.1, 0.15) is 0 Å². The summed E-state index contributed by atoms with van der Waals surface area (Å²) in [5, 5.41) is 9.66. The number of benzene rings is 8. The highest BCUT2D eigenvalue weighted by atomic mass is 16.3. The fraction of sp³-hybridized carbons (Fsp3) is 0. The van der Waals surface area contributed by atoms with Gasteiger partial charge in [-0.15, -0.1) is 0 Å². The average Bonchev–Trinajstić information content (AvgIpc) is 3.48. The molecule has 1 heterocycles. The molecule has 0 amide bonds. The van der Waals surface area contributed by atoms with E-state index < -0.39 is 0 Å². The van der Waals surface area contributed by atoms with Crippen molar-refractivity contribution in [3.8, 4) is 11.1 Å². The second-order valence-corrected chi connectivity index (χ2v) is 11.3. The van der Waals surface area contributed by atoms with Gasteiger partial charge in [-0.05, 0) is 57.4 Å². The summed E-state index contributed by atoms with van der Waals surface area (Å²) in [5.74, 6) is 0. The van der Waals surface area contributed by atoms with E-state index in [2.05, 4.69) is 157 Å². The van der Waals surface area contributed by atoms with E-state index in [1.165, 1.54) is 32.3 Å². The number of furan rings is 1. The molecule has 0 atom stereocenters. The molecule has 2 nitrogen and oxygen atoms in total. The second kappa shape index (κ2) is 9.86. The lowest BCUT2D eigenvalue weighted by Crippen LogP contribution is -2.11. The van der Waals surface area contributed by atoms with Gasteiger partial charge in [0.1, 0.15) is 11.2 Å². The molecule has 44 heavy (non-hydrogen) atoms. The Balaban J connectivity index is 1.28. The van der Waals surface area contributed by atoms with Crippen LogP contribution in [0.2, 0.25) is 0 Å². The fourth-order valence-corrected chi connectivity index (χ4v) is 6.80. The number of nitrogens with zero attached hydrogens (tertiary/aromatic N) is 1. The molecule has 2 heteroatoms. The molecule has 9 aromatic rings. The van der Waals surface area contributed by atoms with Gasteiger partial charge < -0.3 is 9.32 Å². The molecule has 0 aliphatic rings. The standard InChI is InChI=1S/C42H27NO/c1-3-14-33-28(10-1)12-7-19-38(33)43(39-20-8-13-31-23-22-29-11-2-4-15-34(29)41(31)39)32-26-24-30(25-27-32)35-17-9-18-37-36-16-5-6-21-40(36)44-42(35)37/h1-27H. The van der Waals surface area contributed by atoms with Crippen LogP contribution in [0, 0.1) is 0 Å². The van der Waals surface area contributed by atoms with Crippen molar-refractivity contribution in [2.24, 2.45) is 0 Å². The average molecular weight is 562 g/mol. The molecule has 8 aromatic carbocycles. The van der Waals surface area contributed by atoms with Crippen LogP contribution >= 0.6 is 0 Å². The minimum atomic E-state index is 0.914. The topological polar surface area (TPSA) is 16.4 Å². The molecule has 1 aromatic heterocycles. The third-order valence-electron chi connectivity index (χ3n) is 8.84. The maximum atomic E-state index is 6.38. The van der Waals surface area contributed by atoms with Gasteiger partial charge in [0.2, 0.25) is 0 Å². The molecular weight excluding hydrogens is 534 g/mol. The second-order valence-electron chi connectivity index (χ2n) is 11.3. The summed E-state index contributed by atoms with van der Waals surface area (Å²) in [6, 6.07) is 58.6. The molecule has 9 rings (SSSR count). The molecular formula is C42H27NO. The first-order chi connectivity index (χ1) is 21.8. The lowest BCUT2D eigenvalue weighted by Gasteiger charge is -2.28. The molecule has 0 unspecified atom stereocenters. The van der Waals surface area contributed by atoms with Crippen molar-refractivity contribution < 1.29 is 4.42 Å². The number of hydrogen-bond acceptors (Lipinski definition) is 2. The number of anilines is 3. The Hall–Kier alpha value is -5.86. The smallest absolute Gasteiger partial charge is 0.143 e. The van der Waals surface area contributed by atoms with E-state index in [0.29, 0.717) is 0 Å². The zero-order chi connectivity index (χ0) is 29.0. The van der Waals surface area contributed by atoms with Crippen molar-refractivity contribution >= 4 is 71.3 Å². The molecule has 0 saturated heterocycles. The van der Waals surface area contributed by atoms with Crippen LogP contribution in [0.15, 0.2) is 168 Å². The van der Waals surface area contributed by atoms with Gasteiger partial charge in [0.25, 0.3) is 0 Å². The van der Waals surface area contributed by atoms with Crippen LogP contribution < -0.4 is 4.90 Å². The molecule has 0 radical (unpaired) electrons. The first-order valence-electron chi connectivity index (χ1n) is 15.0. The van der Waals surface area contributed by atoms with E-state index >= 15 is 0 Å². The molecule has 0 bridgehead atoms. The maximum absolute atomic E-state index is 6.38. The molecule has 0 aliphatic heterocycles. The summed E-state index contributed by atoms with van der Waals surface area (Å²) in [6.07, 6.45) is 0. The summed E-state index contributed by atoms with van der Waals surface area (Å²) >= 11 is 0. The lowest BCUT2D eigenvalue weighted by molar-refractivity contribution is 0.670. The van der Waals surface area contributed by atoms with Crippen LogP contribution in [-0.2, 0) is 0 Å². The highest BCUT2D eigenvalue weighted by molar-refractivity contribution is 6.16. The fourth-order valence-electron chi connectivity index (χ4n) is 6.80. The molecule has 0 fully saturated rings. The van der Waals surface area contributed by atoms with Gasteiger partial charge >= 0.3 is 0 Å². The monoisotopic (exact) mass is 561 g/mol. The molecule has 0 saturated carbocycles. The first kappa shape index (κ1) is 24.7. The molecule has 0 aliphatic carbocycles. The van der Waals surface area contributed by atoms with Crippen LogP contribution in [0.25, 0.3) is 65.4 Å². The van der Waals surface area contributed by atoms with Gasteiger partial charge in [0.15, 0.2) is 0 Å². The Labute approximate surface area is 255 Å². The van der Waals surface area contributed by atoms with E-state index in [4.69, 9.17) is 4.42 Å². The van der Waals surface area contributed by atoms with Crippen molar-refractivity contribution in [2.45, 2.75) is 0 Å². The highest BCUT2D eigenvalue weighted by Crippen LogP contribution is 2.44. The highest BCUT2D eigenvalue weighted by Gasteiger charge is 2.19. The van der Waals surface area contributed by atoms with Gasteiger partial charge in [0, 0.05) is 32.8 Å². The van der Waals surface area contributed by atoms with Gasteiger partial charge in [-0.1, -0.05) is 133 Å². The zero-order valence-corrected chi connectivity index (χ0v) is 23.9. The van der Waals surface area contributed by atoms with E-state index in [1.54, 1.807) is 0 Å². The summed E-state index contributed by atoms with van der Waals surface area (Å²) in [7, 11) is 0. The number of fused-ring (bicyclic) bond motifs is 7. The van der Waals surface area contributed by atoms with Gasteiger partial charge in [-0.2, -0.15) is 0 Å². The Bertz CT molecular complexity index is 2500. The minimum Gasteiger partial charge on any atom is -0.455 e. The maximum Gasteiger partial charge on any atom is 0.143 e. The third kappa shape index (κ3) is 3.82. The SMILES string of the molecule is c1ccc2c(N(c3ccc(-c4cccc5c4oc4ccccc45)cc3)c3cccc4ccc5ccccc5c34)cccc2c1. The van der Waals surface area contributed by atoms with Crippen molar-refractivity contribution in [1.82, 2.24) is 0 Å². The summed E-state index contributed by atoms with van der Waals surface area (Å²) in [4.78, 5) is 2.42. The van der Waals surface area contributed by atoms with Crippen molar-refractivity contribution in [2.75, 3.05) is 4.90 Å². The summed E-state index contributed by atoms with van der Waals surface area (Å²) in [5.41, 5.74) is 7.46. The largest absolute Gasteiger partial charge is 0.455 e. The van der Waals surface area contributed by atoms with E-state index in [1.807, 2.05) is 12.1 Å². The first-order valence-corrected chi connectivity index (χ1v) is 15.0. The predicted molar refractivity (Wildman–Crippen MR) is 186 cm³/mol. The Morgan fingerprint density at radius 1 is 0.386 bits per heavy atom. The van der Waals surface area contributed by atoms with E-state index in [0.717, 1.165) is 50.1 Å². The van der Waals surface area contributed by atoms with Crippen LogP contribution in [-0.4, -0.2) is 0 Å². The Kier molecular flexibility index (Phi) is 5.54.